The number of allylic oxidation sites excluding steroid dienone is 2. The molecule has 12 N–H and O–H groups in total. The molecule has 0 unspecified atom stereocenters. The average Bonchev–Trinajstić information content (AvgIpc) is 3.29. The molecule has 8 aliphatic rings. The van der Waals surface area contributed by atoms with Crippen LogP contribution in [0, 0.1) is 50.2 Å². The fourth-order valence-electron chi connectivity index (χ4n) is 15.1. The van der Waals surface area contributed by atoms with Crippen molar-refractivity contribution in [2.75, 3.05) is 26.4 Å². The SMILES string of the molecule is CC1(C)CC[C@]2(C(=O)O[C@@H]3O[C@H](CO)[C@@H](O)[C@H](O)[C@H]3O)CC[C@]3(C)C(=CC[C@@H]4[C@@]5(C)CC[C@H](O[C@@H]6O[C@H](CO)[C@H](O)[C@H](O[C@@H]7O[C@H](CO)[C@@H](O)[C@H](O)[C@H]7O)[C@H]6O)[C@@](C)(CO)[C@@H]5CC[C@]43C)[C@@H]2C1. The molecule has 4 saturated carbocycles. The van der Waals surface area contributed by atoms with Crippen molar-refractivity contribution in [1.82, 2.24) is 0 Å². The van der Waals surface area contributed by atoms with Crippen molar-refractivity contribution in [3.05, 3.63) is 11.6 Å². The van der Waals surface area contributed by atoms with Gasteiger partial charge in [0, 0.05) is 5.41 Å². The Morgan fingerprint density at radius 1 is 0.612 bits per heavy atom. The maximum absolute atomic E-state index is 14.7. The lowest BCUT2D eigenvalue weighted by Crippen LogP contribution is -2.67. The predicted molar refractivity (Wildman–Crippen MR) is 232 cm³/mol. The van der Waals surface area contributed by atoms with Crippen LogP contribution in [0.25, 0.3) is 0 Å². The van der Waals surface area contributed by atoms with Crippen LogP contribution in [-0.2, 0) is 33.2 Å². The normalized spacial score (nSPS) is 54.1. The molecule has 67 heavy (non-hydrogen) atoms. The largest absolute Gasteiger partial charge is 0.432 e. The van der Waals surface area contributed by atoms with Crippen molar-refractivity contribution in [3.63, 3.8) is 0 Å². The van der Waals surface area contributed by atoms with Gasteiger partial charge in [0.2, 0.25) is 6.29 Å². The number of fused-ring (bicyclic) bond motifs is 7. The number of hydrogen-bond donors (Lipinski definition) is 12. The molecule has 24 atom stereocenters. The summed E-state index contributed by atoms with van der Waals surface area (Å²) < 4.78 is 35.6. The van der Waals surface area contributed by atoms with Crippen LogP contribution in [0.2, 0.25) is 0 Å². The van der Waals surface area contributed by atoms with Gasteiger partial charge in [-0.1, -0.05) is 53.2 Å². The van der Waals surface area contributed by atoms with E-state index in [0.717, 1.165) is 32.1 Å². The Labute approximate surface area is 392 Å². The van der Waals surface area contributed by atoms with Crippen molar-refractivity contribution in [2.24, 2.45) is 50.2 Å². The van der Waals surface area contributed by atoms with Gasteiger partial charge in [0.05, 0.1) is 37.9 Å². The number of carbonyl (C=O) groups is 1. The van der Waals surface area contributed by atoms with Gasteiger partial charge in [-0.15, -0.1) is 0 Å². The second kappa shape index (κ2) is 18.5. The standard InChI is InChI=1S/C48H78O19/c1-43(2)13-15-48(42(61)67-40-36(59)34(57)31(54)25(19-50)63-40)16-14-46(5)22(23(48)17-43)7-8-28-44(3)11-10-29(45(4,21-52)27(44)9-12-47(28,46)6)65-41-37(60)38(32(55)26(20-51)64-41)66-39-35(58)33(56)30(53)24(18-49)62-39/h7,23-41,49-60H,8-21H2,1-6H3/t23-,24+,25+,26+,27+,28+,29-,30+,31+,32-,33-,34-,35+,36+,37+,38-,39-,40-,41-,44-,45-,46+,47+,48-/m0/s1. The molecule has 7 fully saturated rings. The molecule has 0 spiro atoms. The van der Waals surface area contributed by atoms with E-state index < -0.39 is 135 Å². The minimum absolute atomic E-state index is 0.0636. The maximum Gasteiger partial charge on any atom is 0.315 e. The molecule has 19 nitrogen and oxygen atoms in total. The lowest BCUT2D eigenvalue weighted by atomic mass is 9.33. The van der Waals surface area contributed by atoms with Gasteiger partial charge in [0.1, 0.15) is 73.2 Å². The van der Waals surface area contributed by atoms with Gasteiger partial charge in [0.25, 0.3) is 0 Å². The molecule has 0 aromatic heterocycles. The summed E-state index contributed by atoms with van der Waals surface area (Å²) in [4.78, 5) is 14.7. The van der Waals surface area contributed by atoms with E-state index in [1.165, 1.54) is 5.57 Å². The zero-order valence-electron chi connectivity index (χ0n) is 39.7. The third kappa shape index (κ3) is 8.10. The maximum atomic E-state index is 14.7. The van der Waals surface area contributed by atoms with Crippen molar-refractivity contribution in [1.29, 1.82) is 0 Å². The van der Waals surface area contributed by atoms with E-state index in [2.05, 4.69) is 40.7 Å². The summed E-state index contributed by atoms with van der Waals surface area (Å²) in [7, 11) is 0. The third-order valence-electron chi connectivity index (χ3n) is 19.5. The van der Waals surface area contributed by atoms with Gasteiger partial charge in [-0.25, -0.2) is 0 Å². The predicted octanol–water partition coefficient (Wildman–Crippen LogP) is -0.887. The molecule has 5 aliphatic carbocycles. The van der Waals surface area contributed by atoms with Crippen molar-refractivity contribution in [3.8, 4) is 0 Å². The number of aliphatic hydroxyl groups is 12. The molecule has 3 aliphatic heterocycles. The molecule has 8 rings (SSSR count). The van der Waals surface area contributed by atoms with Gasteiger partial charge < -0.3 is 89.7 Å². The zero-order valence-corrected chi connectivity index (χ0v) is 39.7. The van der Waals surface area contributed by atoms with Gasteiger partial charge in [0.15, 0.2) is 12.6 Å². The van der Waals surface area contributed by atoms with Gasteiger partial charge >= 0.3 is 5.97 Å². The van der Waals surface area contributed by atoms with Crippen LogP contribution in [0.4, 0.5) is 0 Å². The highest BCUT2D eigenvalue weighted by atomic mass is 16.7. The lowest BCUT2D eigenvalue weighted by Gasteiger charge is -2.71. The lowest BCUT2D eigenvalue weighted by molar-refractivity contribution is -0.370. The number of aliphatic hydroxyl groups excluding tert-OH is 12. The molecular formula is C48H78O19. The Morgan fingerprint density at radius 3 is 1.76 bits per heavy atom. The number of ether oxygens (including phenoxy) is 6. The van der Waals surface area contributed by atoms with Crippen LogP contribution < -0.4 is 0 Å². The number of hydrogen-bond acceptors (Lipinski definition) is 19. The Balaban J connectivity index is 1.04. The topological polar surface area (TPSA) is 315 Å². The van der Waals surface area contributed by atoms with Crippen LogP contribution in [0.5, 0.6) is 0 Å². The van der Waals surface area contributed by atoms with E-state index in [1.54, 1.807) is 0 Å². The van der Waals surface area contributed by atoms with Crippen LogP contribution in [-0.4, -0.2) is 192 Å². The quantitative estimate of drug-likeness (QED) is 0.0718. The molecule has 0 amide bonds. The van der Waals surface area contributed by atoms with Crippen molar-refractivity contribution >= 4 is 5.97 Å². The number of carbonyl (C=O) groups excluding carboxylic acids is 1. The highest BCUT2D eigenvalue weighted by Crippen LogP contribution is 2.76. The number of rotatable bonds is 10. The Bertz CT molecular complexity index is 1810. The summed E-state index contributed by atoms with van der Waals surface area (Å²) in [5, 5.41) is 127. The van der Waals surface area contributed by atoms with Crippen LogP contribution in [0.15, 0.2) is 11.6 Å². The molecule has 0 aromatic carbocycles. The molecule has 0 aromatic rings. The highest BCUT2D eigenvalue weighted by molar-refractivity contribution is 5.79. The van der Waals surface area contributed by atoms with Gasteiger partial charge in [-0.3, -0.25) is 4.79 Å². The van der Waals surface area contributed by atoms with Crippen molar-refractivity contribution < 1.29 is 94.5 Å². The van der Waals surface area contributed by atoms with Crippen LogP contribution in [0.3, 0.4) is 0 Å². The zero-order chi connectivity index (χ0) is 49.0. The van der Waals surface area contributed by atoms with E-state index in [9.17, 15) is 66.1 Å². The Kier molecular flexibility index (Phi) is 14.4. The highest BCUT2D eigenvalue weighted by Gasteiger charge is 2.70. The summed E-state index contributed by atoms with van der Waals surface area (Å²) >= 11 is 0. The van der Waals surface area contributed by atoms with Crippen LogP contribution >= 0.6 is 0 Å². The summed E-state index contributed by atoms with van der Waals surface area (Å²) in [6, 6.07) is 0. The van der Waals surface area contributed by atoms with Gasteiger partial charge in [-0.2, -0.15) is 0 Å². The fourth-order valence-corrected chi connectivity index (χ4v) is 15.1. The van der Waals surface area contributed by atoms with E-state index in [0.29, 0.717) is 32.1 Å². The number of esters is 1. The van der Waals surface area contributed by atoms with E-state index in [-0.39, 0.29) is 46.0 Å². The molecule has 3 heterocycles. The first-order valence-electron chi connectivity index (χ1n) is 24.5. The second-order valence-corrected chi connectivity index (χ2v) is 23.3. The average molecular weight is 959 g/mol. The van der Waals surface area contributed by atoms with Crippen molar-refractivity contribution in [2.45, 2.75) is 204 Å². The monoisotopic (exact) mass is 959 g/mol. The van der Waals surface area contributed by atoms with E-state index >= 15 is 0 Å². The molecule has 3 saturated heterocycles. The first kappa shape index (κ1) is 51.9. The first-order chi connectivity index (χ1) is 31.4. The van der Waals surface area contributed by atoms with E-state index in [1.807, 2.05) is 6.92 Å². The minimum atomic E-state index is -1.82. The first-order valence-corrected chi connectivity index (χ1v) is 24.5. The fraction of sp³-hybridized carbons (Fsp3) is 0.938. The van der Waals surface area contributed by atoms with Crippen LogP contribution in [0.1, 0.15) is 106 Å². The minimum Gasteiger partial charge on any atom is -0.432 e. The second-order valence-electron chi connectivity index (χ2n) is 23.3. The molecule has 0 bridgehead atoms. The Hall–Kier alpha value is -1.47. The summed E-state index contributed by atoms with van der Waals surface area (Å²) in [6.45, 7) is 11.2. The summed E-state index contributed by atoms with van der Waals surface area (Å²) in [6.07, 6.45) is -15.3. The third-order valence-corrected chi connectivity index (χ3v) is 19.5. The molecular weight excluding hydrogens is 881 g/mol. The molecule has 19 heteroatoms. The summed E-state index contributed by atoms with van der Waals surface area (Å²) in [5.74, 6) is -0.601. The Morgan fingerprint density at radius 2 is 1.16 bits per heavy atom. The summed E-state index contributed by atoms with van der Waals surface area (Å²) in [5.41, 5.74) is -1.49. The molecule has 384 valence electrons. The molecule has 0 radical (unpaired) electrons. The smallest absolute Gasteiger partial charge is 0.315 e. The van der Waals surface area contributed by atoms with Gasteiger partial charge in [-0.05, 0) is 104 Å². The van der Waals surface area contributed by atoms with E-state index in [4.69, 9.17) is 28.4 Å².